The van der Waals surface area contributed by atoms with Crippen LogP contribution < -0.4 is 15.6 Å². The van der Waals surface area contributed by atoms with E-state index in [0.717, 1.165) is 27.2 Å². The Morgan fingerprint density at radius 1 is 1.09 bits per heavy atom. The van der Waals surface area contributed by atoms with Gasteiger partial charge in [0.05, 0.1) is 12.6 Å². The van der Waals surface area contributed by atoms with Crippen LogP contribution in [-0.4, -0.2) is 12.1 Å². The summed E-state index contributed by atoms with van der Waals surface area (Å²) in [6.07, 6.45) is 0. The third-order valence-electron chi connectivity index (χ3n) is 3.69. The fourth-order valence-corrected chi connectivity index (χ4v) is 2.55. The van der Waals surface area contributed by atoms with Crippen molar-refractivity contribution in [2.75, 3.05) is 7.11 Å². The highest BCUT2D eigenvalue weighted by atomic mass is 35.5. The van der Waals surface area contributed by atoms with Crippen LogP contribution in [0.1, 0.15) is 11.1 Å². The molecule has 3 rings (SSSR count). The molecule has 5 heteroatoms. The van der Waals surface area contributed by atoms with Crippen LogP contribution in [0.25, 0.3) is 10.9 Å². The second-order valence-corrected chi connectivity index (χ2v) is 5.74. The second-order valence-electron chi connectivity index (χ2n) is 5.31. The van der Waals surface area contributed by atoms with Crippen LogP contribution in [0.15, 0.2) is 53.3 Å². The van der Waals surface area contributed by atoms with Crippen molar-refractivity contribution in [3.63, 3.8) is 0 Å². The van der Waals surface area contributed by atoms with Gasteiger partial charge in [-0.25, -0.2) is 0 Å². The van der Waals surface area contributed by atoms with Crippen molar-refractivity contribution in [3.05, 3.63) is 75.0 Å². The van der Waals surface area contributed by atoms with E-state index in [9.17, 15) is 4.79 Å². The van der Waals surface area contributed by atoms with Gasteiger partial charge < -0.3 is 15.0 Å². The van der Waals surface area contributed by atoms with Crippen LogP contribution in [0.5, 0.6) is 5.75 Å². The first-order valence-corrected chi connectivity index (χ1v) is 7.68. The molecule has 4 nitrogen and oxygen atoms in total. The van der Waals surface area contributed by atoms with Crippen molar-refractivity contribution in [2.24, 2.45) is 0 Å². The smallest absolute Gasteiger partial charge is 0.252 e. The summed E-state index contributed by atoms with van der Waals surface area (Å²) in [6, 6.07) is 15.2. The SMILES string of the molecule is COc1ccc2cc(CNCc3ccc(Cl)cc3)c(=O)[nH]c2c1. The first-order chi connectivity index (χ1) is 11.2. The Labute approximate surface area is 139 Å². The Bertz CT molecular complexity index is 872. The lowest BCUT2D eigenvalue weighted by Crippen LogP contribution is -2.20. The number of aromatic nitrogens is 1. The summed E-state index contributed by atoms with van der Waals surface area (Å²) in [7, 11) is 1.61. The summed E-state index contributed by atoms with van der Waals surface area (Å²) in [5.74, 6) is 0.724. The minimum absolute atomic E-state index is 0.0886. The second kappa shape index (κ2) is 6.86. The van der Waals surface area contributed by atoms with E-state index >= 15 is 0 Å². The van der Waals surface area contributed by atoms with Gasteiger partial charge in [0.2, 0.25) is 0 Å². The molecule has 0 saturated carbocycles. The number of ether oxygens (including phenoxy) is 1. The molecule has 118 valence electrons. The Morgan fingerprint density at radius 2 is 1.87 bits per heavy atom. The van der Waals surface area contributed by atoms with Gasteiger partial charge in [-0.15, -0.1) is 0 Å². The van der Waals surface area contributed by atoms with Gasteiger partial charge in [0.25, 0.3) is 5.56 Å². The van der Waals surface area contributed by atoms with E-state index in [0.29, 0.717) is 18.7 Å². The van der Waals surface area contributed by atoms with E-state index in [4.69, 9.17) is 16.3 Å². The van der Waals surface area contributed by atoms with Gasteiger partial charge in [-0.2, -0.15) is 0 Å². The minimum Gasteiger partial charge on any atom is -0.497 e. The molecule has 0 radical (unpaired) electrons. The number of halogens is 1. The summed E-state index contributed by atoms with van der Waals surface area (Å²) in [6.45, 7) is 1.18. The molecule has 1 aromatic heterocycles. The zero-order valence-corrected chi connectivity index (χ0v) is 13.5. The molecule has 0 aliphatic rings. The number of pyridine rings is 1. The molecule has 23 heavy (non-hydrogen) atoms. The molecule has 0 aliphatic carbocycles. The van der Waals surface area contributed by atoms with Gasteiger partial charge in [0, 0.05) is 29.7 Å². The number of hydrogen-bond donors (Lipinski definition) is 2. The Balaban J connectivity index is 1.73. The molecule has 0 bridgehead atoms. The lowest BCUT2D eigenvalue weighted by molar-refractivity contribution is 0.415. The average molecular weight is 329 g/mol. The molecular formula is C18H17ClN2O2. The minimum atomic E-state index is -0.0886. The van der Waals surface area contributed by atoms with Crippen LogP contribution in [-0.2, 0) is 13.1 Å². The fraction of sp³-hybridized carbons (Fsp3) is 0.167. The molecule has 0 saturated heterocycles. The molecule has 0 aliphatic heterocycles. The Kier molecular flexibility index (Phi) is 4.65. The number of aromatic amines is 1. The van der Waals surface area contributed by atoms with Crippen LogP contribution in [0.3, 0.4) is 0 Å². The number of hydrogen-bond acceptors (Lipinski definition) is 3. The maximum atomic E-state index is 12.2. The molecule has 3 aromatic rings. The van der Waals surface area contributed by atoms with E-state index in [1.165, 1.54) is 0 Å². The third-order valence-corrected chi connectivity index (χ3v) is 3.94. The van der Waals surface area contributed by atoms with Crippen LogP contribution in [0.2, 0.25) is 5.02 Å². The molecule has 0 atom stereocenters. The average Bonchev–Trinajstić information content (AvgIpc) is 2.56. The normalized spacial score (nSPS) is 10.9. The summed E-state index contributed by atoms with van der Waals surface area (Å²) in [4.78, 5) is 15.1. The van der Waals surface area contributed by atoms with Crippen molar-refractivity contribution in [1.29, 1.82) is 0 Å². The topological polar surface area (TPSA) is 54.1 Å². The molecule has 2 N–H and O–H groups in total. The molecule has 0 fully saturated rings. The summed E-state index contributed by atoms with van der Waals surface area (Å²) < 4.78 is 5.17. The highest BCUT2D eigenvalue weighted by molar-refractivity contribution is 6.30. The maximum absolute atomic E-state index is 12.2. The summed E-state index contributed by atoms with van der Waals surface area (Å²) >= 11 is 5.86. The van der Waals surface area contributed by atoms with Gasteiger partial charge in [0.1, 0.15) is 5.75 Å². The highest BCUT2D eigenvalue weighted by Crippen LogP contribution is 2.18. The Morgan fingerprint density at radius 3 is 2.61 bits per heavy atom. The van der Waals surface area contributed by atoms with Crippen LogP contribution in [0, 0.1) is 0 Å². The molecule has 0 amide bonds. The number of nitrogens with one attached hydrogen (secondary N) is 2. The maximum Gasteiger partial charge on any atom is 0.252 e. The van der Waals surface area contributed by atoms with Gasteiger partial charge in [-0.1, -0.05) is 23.7 Å². The molecule has 2 aromatic carbocycles. The van der Waals surface area contributed by atoms with E-state index in [1.807, 2.05) is 48.5 Å². The molecule has 1 heterocycles. The van der Waals surface area contributed by atoms with Crippen LogP contribution >= 0.6 is 11.6 Å². The quantitative estimate of drug-likeness (QED) is 0.754. The first kappa shape index (κ1) is 15.6. The highest BCUT2D eigenvalue weighted by Gasteiger charge is 2.04. The first-order valence-electron chi connectivity index (χ1n) is 7.31. The number of rotatable bonds is 5. The van der Waals surface area contributed by atoms with Crippen molar-refractivity contribution in [2.45, 2.75) is 13.1 Å². The van der Waals surface area contributed by atoms with Crippen molar-refractivity contribution in [1.82, 2.24) is 10.3 Å². The monoisotopic (exact) mass is 328 g/mol. The predicted molar refractivity (Wildman–Crippen MR) is 93.1 cm³/mol. The fourth-order valence-electron chi connectivity index (χ4n) is 2.43. The number of H-pyrrole nitrogens is 1. The standard InChI is InChI=1S/C18H17ClN2O2/c1-23-16-7-4-13-8-14(18(22)21-17(13)9-16)11-20-10-12-2-5-15(19)6-3-12/h2-9,20H,10-11H2,1H3,(H,21,22). The van der Waals surface area contributed by atoms with Crippen molar-refractivity contribution < 1.29 is 4.74 Å². The van der Waals surface area contributed by atoms with E-state index in [-0.39, 0.29) is 5.56 Å². The third kappa shape index (κ3) is 3.73. The number of methoxy groups -OCH3 is 1. The lowest BCUT2D eigenvalue weighted by Gasteiger charge is -2.07. The van der Waals surface area contributed by atoms with Gasteiger partial charge in [0.15, 0.2) is 0 Å². The van der Waals surface area contributed by atoms with Gasteiger partial charge >= 0.3 is 0 Å². The van der Waals surface area contributed by atoms with Crippen molar-refractivity contribution >= 4 is 22.5 Å². The van der Waals surface area contributed by atoms with E-state index in [1.54, 1.807) is 7.11 Å². The Hall–Kier alpha value is -2.30. The molecule has 0 unspecified atom stereocenters. The summed E-state index contributed by atoms with van der Waals surface area (Å²) in [5.41, 5.74) is 2.51. The van der Waals surface area contributed by atoms with Crippen molar-refractivity contribution in [3.8, 4) is 5.75 Å². The van der Waals surface area contributed by atoms with E-state index in [2.05, 4.69) is 10.3 Å². The zero-order chi connectivity index (χ0) is 16.2. The predicted octanol–water partition coefficient (Wildman–Crippen LogP) is 3.48. The zero-order valence-electron chi connectivity index (χ0n) is 12.7. The van der Waals surface area contributed by atoms with E-state index < -0.39 is 0 Å². The number of fused-ring (bicyclic) bond motifs is 1. The van der Waals surface area contributed by atoms with Gasteiger partial charge in [-0.05, 0) is 41.3 Å². The largest absolute Gasteiger partial charge is 0.497 e. The molecule has 0 spiro atoms. The van der Waals surface area contributed by atoms with Crippen LogP contribution in [0.4, 0.5) is 0 Å². The summed E-state index contributed by atoms with van der Waals surface area (Å²) in [5, 5.41) is 4.98. The molecular weight excluding hydrogens is 312 g/mol. The number of benzene rings is 2. The van der Waals surface area contributed by atoms with Gasteiger partial charge in [-0.3, -0.25) is 4.79 Å². The lowest BCUT2D eigenvalue weighted by atomic mass is 10.1.